The van der Waals surface area contributed by atoms with Crippen molar-refractivity contribution in [2.45, 2.75) is 20.8 Å². The number of fused-ring (bicyclic) bond motifs is 8. The second-order valence-corrected chi connectivity index (χ2v) is 12.1. The lowest BCUT2D eigenvalue weighted by atomic mass is 10.0. The number of nitrogens with one attached hydrogen (secondary N) is 1. The third-order valence-electron chi connectivity index (χ3n) is 8.79. The van der Waals surface area contributed by atoms with Gasteiger partial charge in [-0.1, -0.05) is 95.4 Å². The van der Waals surface area contributed by atoms with Crippen molar-refractivity contribution in [2.24, 2.45) is 0 Å². The third kappa shape index (κ3) is 5.09. The van der Waals surface area contributed by atoms with Crippen molar-refractivity contribution in [1.29, 1.82) is 0 Å². The van der Waals surface area contributed by atoms with Gasteiger partial charge in [-0.25, -0.2) is 9.97 Å². The molecule has 47 heavy (non-hydrogen) atoms. The maximum Gasteiger partial charge on any atom is 0.145 e. The number of hydrogen-bond acceptors (Lipinski definition) is 3. The molecule has 0 radical (unpaired) electrons. The molecule has 2 aliphatic heterocycles. The topological polar surface area (TPSA) is 54.7 Å². The second kappa shape index (κ2) is 11.3. The number of rotatable bonds is 3. The number of aromatic nitrogens is 3. The number of aryl methyl sites for hydroxylation is 3. The molecule has 3 aromatic heterocycles. The van der Waals surface area contributed by atoms with Gasteiger partial charge in [0, 0.05) is 22.2 Å². The molecule has 4 heteroatoms. The summed E-state index contributed by atoms with van der Waals surface area (Å²) >= 11 is 0. The number of nitrogens with zero attached hydrogens (tertiary/aromatic N) is 2. The van der Waals surface area contributed by atoms with Gasteiger partial charge in [0.1, 0.15) is 11.2 Å². The molecule has 8 rings (SSSR count). The van der Waals surface area contributed by atoms with Gasteiger partial charge in [0.05, 0.1) is 33.9 Å². The smallest absolute Gasteiger partial charge is 0.145 e. The molecule has 0 saturated carbocycles. The lowest BCUT2D eigenvalue weighted by molar-refractivity contribution is 0.665. The van der Waals surface area contributed by atoms with E-state index in [0.29, 0.717) is 22.4 Å². The van der Waals surface area contributed by atoms with Gasteiger partial charge in [-0.3, -0.25) is 0 Å². The number of H-pyrrole nitrogens is 1. The van der Waals surface area contributed by atoms with Crippen LogP contribution in [0.5, 0.6) is 0 Å². The van der Waals surface area contributed by atoms with Crippen LogP contribution in [0.1, 0.15) is 45.0 Å². The summed E-state index contributed by atoms with van der Waals surface area (Å²) in [6, 6.07) is 33.7. The number of aromatic amines is 1. The standard InChI is InChI=1S/C43H31N3O/c1-5-32-33-18-19-34(44-33)41(29-12-6-26(2)7-13-29)35-20-21-36(45-35)42(30-14-8-27(3)9-15-30)37-22-23-38(46-37)43(40-25-24-39(32)47-40)31-16-10-28(4)11-17-31/h1,6-25,45H,2-4H3. The zero-order valence-electron chi connectivity index (χ0n) is 26.4. The Hall–Kier alpha value is -6.18. The average Bonchev–Trinajstić information content (AvgIpc) is 3.91. The minimum atomic E-state index is 0.585. The monoisotopic (exact) mass is 605 g/mol. The summed E-state index contributed by atoms with van der Waals surface area (Å²) in [6.07, 6.45) is 14.3. The minimum Gasteiger partial charge on any atom is -0.455 e. The second-order valence-electron chi connectivity index (χ2n) is 12.1. The molecule has 0 atom stereocenters. The Kier molecular flexibility index (Phi) is 6.82. The van der Waals surface area contributed by atoms with E-state index in [1.165, 1.54) is 16.7 Å². The SMILES string of the molecule is C#Cc1c2nc(c(-c3ccc(C)cc3)c3ccc([nH]3)c(-c3ccc(C)cc3)c3nc(c(-c4ccc(C)cc4)c4ccc1o4)C=C3)C=C2. The number of benzene rings is 3. The van der Waals surface area contributed by atoms with Crippen LogP contribution in [-0.2, 0) is 0 Å². The number of hydrogen-bond donors (Lipinski definition) is 1. The largest absolute Gasteiger partial charge is 0.455 e. The van der Waals surface area contributed by atoms with Gasteiger partial charge >= 0.3 is 0 Å². The Morgan fingerprint density at radius 3 is 1.38 bits per heavy atom. The van der Waals surface area contributed by atoms with Crippen LogP contribution in [0, 0.1) is 33.1 Å². The van der Waals surface area contributed by atoms with Crippen molar-refractivity contribution in [1.82, 2.24) is 15.0 Å². The van der Waals surface area contributed by atoms with E-state index in [9.17, 15) is 0 Å². The van der Waals surface area contributed by atoms with Crippen molar-refractivity contribution in [3.8, 4) is 45.7 Å². The van der Waals surface area contributed by atoms with Gasteiger partial charge in [-0.2, -0.15) is 0 Å². The van der Waals surface area contributed by atoms with E-state index in [-0.39, 0.29) is 0 Å². The molecular formula is C43H31N3O. The molecule has 2 aliphatic rings. The van der Waals surface area contributed by atoms with Crippen LogP contribution in [0.25, 0.3) is 79.9 Å². The van der Waals surface area contributed by atoms with Crippen LogP contribution in [-0.4, -0.2) is 15.0 Å². The molecule has 8 bridgehead atoms. The van der Waals surface area contributed by atoms with E-state index in [2.05, 4.69) is 129 Å². The number of furan rings is 1. The first-order valence-electron chi connectivity index (χ1n) is 15.7. The van der Waals surface area contributed by atoms with Crippen molar-refractivity contribution in [3.05, 3.63) is 142 Å². The quantitative estimate of drug-likeness (QED) is 0.204. The summed E-state index contributed by atoms with van der Waals surface area (Å²) in [7, 11) is 0. The van der Waals surface area contributed by atoms with Gasteiger partial charge in [0.25, 0.3) is 0 Å². The Morgan fingerprint density at radius 1 is 0.489 bits per heavy atom. The highest BCUT2D eigenvalue weighted by Crippen LogP contribution is 2.37. The molecule has 5 heterocycles. The molecule has 0 amide bonds. The highest BCUT2D eigenvalue weighted by Gasteiger charge is 2.18. The molecule has 4 nitrogen and oxygen atoms in total. The number of terminal acetylenes is 1. The Bertz CT molecular complexity index is 2420. The van der Waals surface area contributed by atoms with Gasteiger partial charge < -0.3 is 9.40 Å². The summed E-state index contributed by atoms with van der Waals surface area (Å²) < 4.78 is 6.58. The molecule has 0 saturated heterocycles. The Balaban J connectivity index is 1.56. The van der Waals surface area contributed by atoms with Crippen LogP contribution < -0.4 is 0 Å². The first-order valence-corrected chi connectivity index (χ1v) is 15.7. The molecule has 0 unspecified atom stereocenters. The minimum absolute atomic E-state index is 0.585. The maximum atomic E-state index is 6.58. The Morgan fingerprint density at radius 2 is 0.894 bits per heavy atom. The Labute approximate surface area is 273 Å². The van der Waals surface area contributed by atoms with Crippen LogP contribution in [0.4, 0.5) is 0 Å². The molecular weight excluding hydrogens is 574 g/mol. The van der Waals surface area contributed by atoms with E-state index < -0.39 is 0 Å². The van der Waals surface area contributed by atoms with E-state index >= 15 is 0 Å². The fourth-order valence-corrected chi connectivity index (χ4v) is 6.31. The van der Waals surface area contributed by atoms with E-state index in [1.54, 1.807) is 0 Å². The maximum absolute atomic E-state index is 6.58. The first-order chi connectivity index (χ1) is 22.9. The highest BCUT2D eigenvalue weighted by molar-refractivity contribution is 5.97. The summed E-state index contributed by atoms with van der Waals surface area (Å²) in [6.45, 7) is 6.28. The van der Waals surface area contributed by atoms with E-state index in [1.807, 2.05) is 24.3 Å². The predicted octanol–water partition coefficient (Wildman–Crippen LogP) is 10.8. The predicted molar refractivity (Wildman–Crippen MR) is 195 cm³/mol. The van der Waals surface area contributed by atoms with Gasteiger partial charge in [0.15, 0.2) is 0 Å². The molecule has 224 valence electrons. The van der Waals surface area contributed by atoms with Crippen molar-refractivity contribution < 1.29 is 4.42 Å². The zero-order chi connectivity index (χ0) is 32.1. The van der Waals surface area contributed by atoms with Crippen LogP contribution in [0.3, 0.4) is 0 Å². The third-order valence-corrected chi connectivity index (χ3v) is 8.79. The zero-order valence-corrected chi connectivity index (χ0v) is 26.4. The summed E-state index contributed by atoms with van der Waals surface area (Å²) in [5.74, 6) is 2.86. The van der Waals surface area contributed by atoms with Gasteiger partial charge in [0.2, 0.25) is 0 Å². The summed E-state index contributed by atoms with van der Waals surface area (Å²) in [5.41, 5.74) is 16.6. The normalized spacial score (nSPS) is 12.0. The van der Waals surface area contributed by atoms with Crippen LogP contribution >= 0.6 is 0 Å². The molecule has 0 spiro atoms. The molecule has 1 N–H and O–H groups in total. The van der Waals surface area contributed by atoms with Gasteiger partial charge in [-0.05, 0) is 86.0 Å². The first kappa shape index (κ1) is 28.3. The van der Waals surface area contributed by atoms with Crippen LogP contribution in [0.2, 0.25) is 0 Å². The average molecular weight is 606 g/mol. The van der Waals surface area contributed by atoms with Crippen molar-refractivity contribution >= 4 is 46.5 Å². The fourth-order valence-electron chi connectivity index (χ4n) is 6.31. The molecule has 3 aromatic carbocycles. The molecule has 0 fully saturated rings. The summed E-state index contributed by atoms with van der Waals surface area (Å²) in [4.78, 5) is 14.2. The lowest BCUT2D eigenvalue weighted by Gasteiger charge is -2.06. The summed E-state index contributed by atoms with van der Waals surface area (Å²) in [5, 5.41) is 0. The van der Waals surface area contributed by atoms with Crippen LogP contribution in [0.15, 0.2) is 101 Å². The lowest BCUT2D eigenvalue weighted by Crippen LogP contribution is -1.89. The van der Waals surface area contributed by atoms with Crippen molar-refractivity contribution in [2.75, 3.05) is 0 Å². The van der Waals surface area contributed by atoms with E-state index in [4.69, 9.17) is 20.8 Å². The highest BCUT2D eigenvalue weighted by atomic mass is 16.3. The molecule has 6 aromatic rings. The van der Waals surface area contributed by atoms with Gasteiger partial charge in [-0.15, -0.1) is 6.42 Å². The fraction of sp³-hybridized carbons (Fsp3) is 0.0698. The van der Waals surface area contributed by atoms with E-state index in [0.717, 1.165) is 61.5 Å². The molecule has 0 aliphatic carbocycles. The van der Waals surface area contributed by atoms with Crippen molar-refractivity contribution in [3.63, 3.8) is 0 Å².